The Bertz CT molecular complexity index is 587. The van der Waals surface area contributed by atoms with Gasteiger partial charge in [-0.2, -0.15) is 0 Å². The lowest BCUT2D eigenvalue weighted by Gasteiger charge is -2.20. The zero-order valence-electron chi connectivity index (χ0n) is 11.0. The number of hydrogen-bond donors (Lipinski definition) is 2. The molecule has 0 aliphatic heterocycles. The predicted molar refractivity (Wildman–Crippen MR) is 69.5 cm³/mol. The van der Waals surface area contributed by atoms with Gasteiger partial charge in [0.05, 0.1) is 29.2 Å². The molecule has 0 aliphatic rings. The molecule has 0 bridgehead atoms. The number of ether oxygens (including phenoxy) is 1. The summed E-state index contributed by atoms with van der Waals surface area (Å²) < 4.78 is 4.69. The third kappa shape index (κ3) is 2.09. The molecular formula is C13H17N3O2. The first-order valence-corrected chi connectivity index (χ1v) is 5.75. The van der Waals surface area contributed by atoms with Crippen molar-refractivity contribution in [3.05, 3.63) is 29.6 Å². The number of carbonyl (C=O) groups excluding carboxylic acids is 1. The van der Waals surface area contributed by atoms with Crippen molar-refractivity contribution in [2.75, 3.05) is 14.2 Å². The second-order valence-electron chi connectivity index (χ2n) is 4.68. The van der Waals surface area contributed by atoms with Crippen LogP contribution in [0.3, 0.4) is 0 Å². The minimum absolute atomic E-state index is 0.246. The molecule has 0 aliphatic carbocycles. The lowest BCUT2D eigenvalue weighted by Crippen LogP contribution is -2.34. The zero-order valence-corrected chi connectivity index (χ0v) is 11.0. The number of imidazole rings is 1. The number of benzene rings is 1. The summed E-state index contributed by atoms with van der Waals surface area (Å²) in [5.74, 6) is 0.489. The maximum Gasteiger partial charge on any atom is 0.337 e. The molecule has 18 heavy (non-hydrogen) atoms. The van der Waals surface area contributed by atoms with Crippen LogP contribution < -0.4 is 5.32 Å². The summed E-state index contributed by atoms with van der Waals surface area (Å²) in [4.78, 5) is 19.2. The Morgan fingerprint density at radius 1 is 1.44 bits per heavy atom. The Hall–Kier alpha value is -1.88. The molecule has 0 spiro atoms. The molecule has 5 heteroatoms. The standard InChI is InChI=1S/C13H17N3O2/c1-13(2,14-3)12-15-9-6-5-8(11(17)18-4)7-10(9)16-12/h5-7,14H,1-4H3,(H,15,16). The number of esters is 1. The lowest BCUT2D eigenvalue weighted by atomic mass is 10.1. The maximum absolute atomic E-state index is 11.4. The average molecular weight is 247 g/mol. The van der Waals surface area contributed by atoms with E-state index in [0.717, 1.165) is 16.9 Å². The molecule has 1 aromatic heterocycles. The van der Waals surface area contributed by atoms with Crippen molar-refractivity contribution in [3.8, 4) is 0 Å². The number of fused-ring (bicyclic) bond motifs is 1. The second kappa shape index (κ2) is 4.42. The van der Waals surface area contributed by atoms with E-state index in [2.05, 4.69) is 15.3 Å². The molecule has 0 unspecified atom stereocenters. The van der Waals surface area contributed by atoms with E-state index in [0.29, 0.717) is 5.56 Å². The number of nitrogens with one attached hydrogen (secondary N) is 2. The zero-order chi connectivity index (χ0) is 13.3. The van der Waals surface area contributed by atoms with Crippen LogP contribution in [0.2, 0.25) is 0 Å². The molecule has 2 N–H and O–H groups in total. The first-order valence-electron chi connectivity index (χ1n) is 5.75. The van der Waals surface area contributed by atoms with E-state index in [-0.39, 0.29) is 11.5 Å². The van der Waals surface area contributed by atoms with E-state index >= 15 is 0 Å². The van der Waals surface area contributed by atoms with E-state index in [1.807, 2.05) is 27.0 Å². The number of aromatic nitrogens is 2. The van der Waals surface area contributed by atoms with Crippen LogP contribution in [0.4, 0.5) is 0 Å². The smallest absolute Gasteiger partial charge is 0.337 e. The predicted octanol–water partition coefficient (Wildman–Crippen LogP) is 1.80. The normalized spacial score (nSPS) is 11.8. The molecule has 0 saturated heterocycles. The van der Waals surface area contributed by atoms with Crippen molar-refractivity contribution in [1.82, 2.24) is 15.3 Å². The number of methoxy groups -OCH3 is 1. The highest BCUT2D eigenvalue weighted by Crippen LogP contribution is 2.21. The van der Waals surface area contributed by atoms with Crippen LogP contribution in [0.5, 0.6) is 0 Å². The van der Waals surface area contributed by atoms with Gasteiger partial charge in [0.1, 0.15) is 5.82 Å². The molecule has 0 radical (unpaired) electrons. The fourth-order valence-electron chi connectivity index (χ4n) is 1.67. The Labute approximate surface area is 106 Å². The Balaban J connectivity index is 2.49. The average Bonchev–Trinajstić information content (AvgIpc) is 2.81. The van der Waals surface area contributed by atoms with E-state index in [1.54, 1.807) is 12.1 Å². The minimum Gasteiger partial charge on any atom is -0.465 e. The van der Waals surface area contributed by atoms with Crippen LogP contribution in [-0.4, -0.2) is 30.1 Å². The first kappa shape index (κ1) is 12.6. The quantitative estimate of drug-likeness (QED) is 0.812. The van der Waals surface area contributed by atoms with E-state index in [9.17, 15) is 4.79 Å². The lowest BCUT2D eigenvalue weighted by molar-refractivity contribution is 0.0601. The van der Waals surface area contributed by atoms with Gasteiger partial charge < -0.3 is 15.0 Å². The third-order valence-electron chi connectivity index (χ3n) is 3.12. The van der Waals surface area contributed by atoms with Gasteiger partial charge in [-0.15, -0.1) is 0 Å². The number of nitrogens with zero attached hydrogens (tertiary/aromatic N) is 1. The molecule has 2 rings (SSSR count). The number of rotatable bonds is 3. The van der Waals surface area contributed by atoms with Crippen LogP contribution in [0.15, 0.2) is 18.2 Å². The fraction of sp³-hybridized carbons (Fsp3) is 0.385. The van der Waals surface area contributed by atoms with Gasteiger partial charge in [-0.3, -0.25) is 0 Å². The SMILES string of the molecule is CNC(C)(C)c1nc2ccc(C(=O)OC)cc2[nH]1. The van der Waals surface area contributed by atoms with Gasteiger partial charge in [-0.25, -0.2) is 9.78 Å². The molecule has 96 valence electrons. The molecule has 1 heterocycles. The van der Waals surface area contributed by atoms with Crippen molar-refractivity contribution in [3.63, 3.8) is 0 Å². The van der Waals surface area contributed by atoms with Crippen molar-refractivity contribution < 1.29 is 9.53 Å². The maximum atomic E-state index is 11.4. The monoisotopic (exact) mass is 247 g/mol. The summed E-state index contributed by atoms with van der Waals surface area (Å²) in [6.07, 6.45) is 0. The molecule has 1 aromatic carbocycles. The van der Waals surface area contributed by atoms with Crippen LogP contribution in [0.1, 0.15) is 30.0 Å². The van der Waals surface area contributed by atoms with Crippen molar-refractivity contribution in [1.29, 1.82) is 0 Å². The topological polar surface area (TPSA) is 67.0 Å². The first-order chi connectivity index (χ1) is 8.47. The fourth-order valence-corrected chi connectivity index (χ4v) is 1.67. The summed E-state index contributed by atoms with van der Waals surface area (Å²) in [6, 6.07) is 5.28. The van der Waals surface area contributed by atoms with Crippen LogP contribution >= 0.6 is 0 Å². The van der Waals surface area contributed by atoms with Gasteiger partial charge in [-0.1, -0.05) is 0 Å². The highest BCUT2D eigenvalue weighted by atomic mass is 16.5. The molecular weight excluding hydrogens is 230 g/mol. The highest BCUT2D eigenvalue weighted by Gasteiger charge is 2.22. The minimum atomic E-state index is -0.346. The molecule has 2 aromatic rings. The molecule has 0 amide bonds. The number of carbonyl (C=O) groups is 1. The Morgan fingerprint density at radius 3 is 2.78 bits per heavy atom. The van der Waals surface area contributed by atoms with Gasteiger partial charge in [0.2, 0.25) is 0 Å². The van der Waals surface area contributed by atoms with Crippen molar-refractivity contribution in [2.24, 2.45) is 0 Å². The van der Waals surface area contributed by atoms with Crippen molar-refractivity contribution >= 4 is 17.0 Å². The summed E-state index contributed by atoms with van der Waals surface area (Å²) in [5.41, 5.74) is 1.93. The third-order valence-corrected chi connectivity index (χ3v) is 3.12. The van der Waals surface area contributed by atoms with E-state index in [4.69, 9.17) is 4.74 Å². The largest absolute Gasteiger partial charge is 0.465 e. The van der Waals surface area contributed by atoms with Gasteiger partial charge in [0, 0.05) is 0 Å². The van der Waals surface area contributed by atoms with Gasteiger partial charge in [0.15, 0.2) is 0 Å². The van der Waals surface area contributed by atoms with Gasteiger partial charge >= 0.3 is 5.97 Å². The molecule has 5 nitrogen and oxygen atoms in total. The summed E-state index contributed by atoms with van der Waals surface area (Å²) >= 11 is 0. The Kier molecular flexibility index (Phi) is 3.09. The summed E-state index contributed by atoms with van der Waals surface area (Å²) in [5, 5.41) is 3.18. The summed E-state index contributed by atoms with van der Waals surface area (Å²) in [6.45, 7) is 4.07. The second-order valence-corrected chi connectivity index (χ2v) is 4.68. The van der Waals surface area contributed by atoms with E-state index in [1.165, 1.54) is 7.11 Å². The summed E-state index contributed by atoms with van der Waals surface area (Å²) in [7, 11) is 3.25. The van der Waals surface area contributed by atoms with Crippen LogP contribution in [0.25, 0.3) is 11.0 Å². The van der Waals surface area contributed by atoms with Gasteiger partial charge in [-0.05, 0) is 39.1 Å². The molecule has 0 fully saturated rings. The number of H-pyrrole nitrogens is 1. The van der Waals surface area contributed by atoms with Crippen molar-refractivity contribution in [2.45, 2.75) is 19.4 Å². The molecule has 0 atom stereocenters. The Morgan fingerprint density at radius 2 is 2.17 bits per heavy atom. The number of aromatic amines is 1. The van der Waals surface area contributed by atoms with Crippen LogP contribution in [0, 0.1) is 0 Å². The van der Waals surface area contributed by atoms with Crippen LogP contribution in [-0.2, 0) is 10.3 Å². The van der Waals surface area contributed by atoms with E-state index < -0.39 is 0 Å². The molecule has 0 saturated carbocycles. The number of hydrogen-bond acceptors (Lipinski definition) is 4. The highest BCUT2D eigenvalue weighted by molar-refractivity contribution is 5.93. The van der Waals surface area contributed by atoms with Gasteiger partial charge in [0.25, 0.3) is 0 Å².